The van der Waals surface area contributed by atoms with Crippen molar-refractivity contribution >= 4 is 19.9 Å². The topological polar surface area (TPSA) is 89.5 Å². The van der Waals surface area contributed by atoms with Gasteiger partial charge in [-0.2, -0.15) is 0 Å². The molecule has 0 spiro atoms. The van der Waals surface area contributed by atoms with E-state index in [-0.39, 0.29) is 16.4 Å². The first kappa shape index (κ1) is 16.4. The lowest BCUT2D eigenvalue weighted by molar-refractivity contribution is 0.134. The van der Waals surface area contributed by atoms with Crippen LogP contribution in [0, 0.1) is 0 Å². The fourth-order valence-electron chi connectivity index (χ4n) is 2.20. The normalized spacial score (nSPS) is 21.5. The van der Waals surface area contributed by atoms with Crippen LogP contribution in [0.3, 0.4) is 0 Å². The third-order valence-corrected chi connectivity index (χ3v) is 6.52. The molecule has 6 nitrogen and oxygen atoms in total. The molecular weight excluding hydrogens is 314 g/mol. The zero-order chi connectivity index (χ0) is 15.5. The second kappa shape index (κ2) is 6.43. The Kier molecular flexibility index (Phi) is 5.03. The lowest BCUT2D eigenvalue weighted by Gasteiger charge is -2.12. The Morgan fingerprint density at radius 3 is 2.76 bits per heavy atom. The molecule has 2 rings (SSSR count). The zero-order valence-electron chi connectivity index (χ0n) is 11.8. The molecular formula is C13H19NO5S2. The van der Waals surface area contributed by atoms with Crippen molar-refractivity contribution in [3.05, 3.63) is 29.8 Å². The largest absolute Gasteiger partial charge is 0.377 e. The van der Waals surface area contributed by atoms with E-state index in [9.17, 15) is 16.8 Å². The molecule has 0 aliphatic carbocycles. The maximum absolute atomic E-state index is 12.3. The van der Waals surface area contributed by atoms with Crippen LogP contribution in [0.25, 0.3) is 0 Å². The van der Waals surface area contributed by atoms with Crippen LogP contribution in [0.4, 0.5) is 0 Å². The quantitative estimate of drug-likeness (QED) is 0.827. The van der Waals surface area contributed by atoms with E-state index in [0.717, 1.165) is 5.56 Å². The second-order valence-corrected chi connectivity index (χ2v) is 8.95. The van der Waals surface area contributed by atoms with Crippen LogP contribution in [0.5, 0.6) is 0 Å². The highest BCUT2D eigenvalue weighted by Gasteiger charge is 2.31. The Bertz CT molecular complexity index is 697. The first-order chi connectivity index (χ1) is 9.82. The van der Waals surface area contributed by atoms with E-state index in [0.29, 0.717) is 19.6 Å². The van der Waals surface area contributed by atoms with Crippen molar-refractivity contribution in [2.24, 2.45) is 0 Å². The van der Waals surface area contributed by atoms with E-state index >= 15 is 0 Å². The van der Waals surface area contributed by atoms with Crippen molar-refractivity contribution in [1.82, 2.24) is 4.72 Å². The standard InChI is InChI=1S/C13H19NO5S2/c1-2-19-9-11-4-3-5-13(8-11)21(17,18)14-12-6-7-20(15,16)10-12/h3-5,8,12,14H,2,6-7,9-10H2,1H3. The van der Waals surface area contributed by atoms with Gasteiger partial charge in [0.1, 0.15) is 0 Å². The van der Waals surface area contributed by atoms with Crippen LogP contribution in [0.15, 0.2) is 29.2 Å². The molecule has 0 amide bonds. The van der Waals surface area contributed by atoms with Gasteiger partial charge in [-0.25, -0.2) is 21.6 Å². The molecule has 1 aromatic carbocycles. The summed E-state index contributed by atoms with van der Waals surface area (Å²) in [5.74, 6) is -0.102. The minimum absolute atomic E-state index is 0.0323. The van der Waals surface area contributed by atoms with E-state index in [1.165, 1.54) is 6.07 Å². The van der Waals surface area contributed by atoms with Crippen LogP contribution >= 0.6 is 0 Å². The van der Waals surface area contributed by atoms with Gasteiger partial charge in [0.15, 0.2) is 9.84 Å². The fraction of sp³-hybridized carbons (Fsp3) is 0.538. The molecule has 1 aromatic rings. The minimum Gasteiger partial charge on any atom is -0.377 e. The average molecular weight is 333 g/mol. The van der Waals surface area contributed by atoms with Gasteiger partial charge < -0.3 is 4.74 Å². The Hall–Kier alpha value is -0.960. The molecule has 0 saturated carbocycles. The third kappa shape index (κ3) is 4.50. The number of sulfonamides is 1. The molecule has 1 saturated heterocycles. The van der Waals surface area contributed by atoms with Crippen molar-refractivity contribution in [2.45, 2.75) is 30.9 Å². The van der Waals surface area contributed by atoms with Crippen molar-refractivity contribution in [2.75, 3.05) is 18.1 Å². The van der Waals surface area contributed by atoms with Gasteiger partial charge in [0.2, 0.25) is 10.0 Å². The van der Waals surface area contributed by atoms with Gasteiger partial charge in [-0.15, -0.1) is 0 Å². The molecule has 21 heavy (non-hydrogen) atoms. The van der Waals surface area contributed by atoms with Crippen LogP contribution in [0.1, 0.15) is 18.9 Å². The SMILES string of the molecule is CCOCc1cccc(S(=O)(=O)NC2CCS(=O)(=O)C2)c1. The van der Waals surface area contributed by atoms with Gasteiger partial charge >= 0.3 is 0 Å². The number of ether oxygens (including phenoxy) is 1. The zero-order valence-corrected chi connectivity index (χ0v) is 13.4. The van der Waals surface area contributed by atoms with Gasteiger partial charge in [0, 0.05) is 12.6 Å². The summed E-state index contributed by atoms with van der Waals surface area (Å²) in [5.41, 5.74) is 0.763. The van der Waals surface area contributed by atoms with Crippen molar-refractivity contribution in [3.8, 4) is 0 Å². The molecule has 0 aromatic heterocycles. The molecule has 0 bridgehead atoms. The predicted octanol–water partition coefficient (Wildman–Crippen LogP) is 0.689. The monoisotopic (exact) mass is 333 g/mol. The maximum Gasteiger partial charge on any atom is 0.240 e. The van der Waals surface area contributed by atoms with Gasteiger partial charge in [-0.05, 0) is 31.0 Å². The molecule has 1 unspecified atom stereocenters. The van der Waals surface area contributed by atoms with E-state index in [1.54, 1.807) is 18.2 Å². The van der Waals surface area contributed by atoms with Gasteiger partial charge in [0.25, 0.3) is 0 Å². The van der Waals surface area contributed by atoms with Crippen molar-refractivity contribution < 1.29 is 21.6 Å². The molecule has 118 valence electrons. The molecule has 1 aliphatic heterocycles. The number of nitrogens with one attached hydrogen (secondary N) is 1. The number of hydrogen-bond donors (Lipinski definition) is 1. The summed E-state index contributed by atoms with van der Waals surface area (Å²) < 4.78 is 55.0. The number of rotatable bonds is 6. The molecule has 1 fully saturated rings. The van der Waals surface area contributed by atoms with E-state index in [4.69, 9.17) is 4.74 Å². The summed E-state index contributed by atoms with van der Waals surface area (Å²) in [6.07, 6.45) is 0.320. The summed E-state index contributed by atoms with van der Waals surface area (Å²) in [5, 5.41) is 0. The van der Waals surface area contributed by atoms with Gasteiger partial charge in [-0.1, -0.05) is 12.1 Å². The third-order valence-electron chi connectivity index (χ3n) is 3.24. The van der Waals surface area contributed by atoms with Gasteiger partial charge in [-0.3, -0.25) is 0 Å². The summed E-state index contributed by atoms with van der Waals surface area (Å²) in [6.45, 7) is 2.76. The first-order valence-corrected chi connectivity index (χ1v) is 10.0. The summed E-state index contributed by atoms with van der Waals surface area (Å²) in [6, 6.07) is 5.92. The predicted molar refractivity (Wildman–Crippen MR) is 79.2 cm³/mol. The molecule has 1 atom stereocenters. The van der Waals surface area contributed by atoms with Crippen molar-refractivity contribution in [3.63, 3.8) is 0 Å². The Labute approximate surface area is 125 Å². The first-order valence-electron chi connectivity index (χ1n) is 6.72. The molecule has 0 radical (unpaired) electrons. The summed E-state index contributed by atoms with van der Waals surface area (Å²) >= 11 is 0. The number of benzene rings is 1. The summed E-state index contributed by atoms with van der Waals surface area (Å²) in [7, 11) is -6.83. The lowest BCUT2D eigenvalue weighted by Crippen LogP contribution is -2.35. The van der Waals surface area contributed by atoms with E-state index < -0.39 is 25.9 Å². The van der Waals surface area contributed by atoms with E-state index in [2.05, 4.69) is 4.72 Å². The molecule has 8 heteroatoms. The molecule has 1 heterocycles. The van der Waals surface area contributed by atoms with Crippen LogP contribution in [0.2, 0.25) is 0 Å². The van der Waals surface area contributed by atoms with E-state index in [1.807, 2.05) is 6.92 Å². The Balaban J connectivity index is 2.12. The maximum atomic E-state index is 12.3. The number of sulfone groups is 1. The Morgan fingerprint density at radius 2 is 2.14 bits per heavy atom. The minimum atomic E-state index is -3.71. The highest BCUT2D eigenvalue weighted by atomic mass is 32.2. The van der Waals surface area contributed by atoms with Gasteiger partial charge in [0.05, 0.1) is 23.0 Å². The highest BCUT2D eigenvalue weighted by Crippen LogP contribution is 2.17. The number of hydrogen-bond acceptors (Lipinski definition) is 5. The van der Waals surface area contributed by atoms with Crippen molar-refractivity contribution in [1.29, 1.82) is 0 Å². The Morgan fingerprint density at radius 1 is 1.38 bits per heavy atom. The molecule has 1 N–H and O–H groups in total. The molecule has 1 aliphatic rings. The average Bonchev–Trinajstić information content (AvgIpc) is 2.75. The van der Waals surface area contributed by atoms with Crippen LogP contribution < -0.4 is 4.72 Å². The second-order valence-electron chi connectivity index (χ2n) is 5.01. The lowest BCUT2D eigenvalue weighted by atomic mass is 10.2. The smallest absolute Gasteiger partial charge is 0.240 e. The van der Waals surface area contributed by atoms with Crippen LogP contribution in [-0.2, 0) is 31.2 Å². The fourth-order valence-corrected chi connectivity index (χ4v) is 5.32. The highest BCUT2D eigenvalue weighted by molar-refractivity contribution is 7.92. The summed E-state index contributed by atoms with van der Waals surface area (Å²) in [4.78, 5) is 0.129. The van der Waals surface area contributed by atoms with Crippen LogP contribution in [-0.4, -0.2) is 41.0 Å².